The first-order chi connectivity index (χ1) is 6.07. The van der Waals surface area contributed by atoms with Gasteiger partial charge in [-0.25, -0.2) is 4.39 Å². The highest BCUT2D eigenvalue weighted by Gasteiger charge is 2.14. The number of halogens is 2. The highest BCUT2D eigenvalue weighted by atomic mass is 79.9. The maximum Gasteiger partial charge on any atom is 0.133 e. The monoisotopic (exact) mass is 247 g/mol. The van der Waals surface area contributed by atoms with Gasteiger partial charge in [-0.05, 0) is 18.6 Å². The average Bonchev–Trinajstić information content (AvgIpc) is 2.13. The van der Waals surface area contributed by atoms with E-state index in [9.17, 15) is 9.50 Å². The molecule has 72 valence electrons. The van der Waals surface area contributed by atoms with Crippen LogP contribution in [0.1, 0.15) is 17.2 Å². The Bertz CT molecular complexity index is 317. The van der Waals surface area contributed by atoms with Gasteiger partial charge in [0, 0.05) is 16.6 Å². The molecule has 1 aromatic carbocycles. The molecule has 0 aliphatic carbocycles. The Morgan fingerprint density at radius 3 is 2.77 bits per heavy atom. The maximum atomic E-state index is 13.5. The van der Waals surface area contributed by atoms with E-state index in [1.807, 2.05) is 0 Å². The lowest BCUT2D eigenvalue weighted by atomic mass is 10.1. The Morgan fingerprint density at radius 2 is 2.23 bits per heavy atom. The fourth-order valence-electron chi connectivity index (χ4n) is 1.07. The smallest absolute Gasteiger partial charge is 0.133 e. The Morgan fingerprint density at radius 1 is 1.62 bits per heavy atom. The minimum Gasteiger partial charge on any atom is -0.387 e. The van der Waals surface area contributed by atoms with E-state index in [1.54, 1.807) is 13.0 Å². The third kappa shape index (κ3) is 2.07. The highest BCUT2D eigenvalue weighted by molar-refractivity contribution is 9.10. The van der Waals surface area contributed by atoms with Gasteiger partial charge in [0.1, 0.15) is 5.82 Å². The Hall–Kier alpha value is -0.450. The number of aliphatic hydroxyl groups excluding tert-OH is 1. The van der Waals surface area contributed by atoms with Crippen LogP contribution in [0.4, 0.5) is 4.39 Å². The van der Waals surface area contributed by atoms with E-state index in [2.05, 4.69) is 15.9 Å². The molecule has 3 N–H and O–H groups in total. The van der Waals surface area contributed by atoms with Gasteiger partial charge in [0.05, 0.1) is 6.10 Å². The van der Waals surface area contributed by atoms with Crippen molar-refractivity contribution >= 4 is 15.9 Å². The average molecular weight is 248 g/mol. The first-order valence-electron chi connectivity index (χ1n) is 3.90. The summed E-state index contributed by atoms with van der Waals surface area (Å²) in [6.45, 7) is 1.67. The van der Waals surface area contributed by atoms with Gasteiger partial charge < -0.3 is 10.8 Å². The normalized spacial score (nSPS) is 13.0. The van der Waals surface area contributed by atoms with Crippen LogP contribution in [0.15, 0.2) is 16.6 Å². The van der Waals surface area contributed by atoms with E-state index in [0.717, 1.165) is 0 Å². The standard InChI is InChI=1S/C9H11BrFNO/c1-5-7(10)3-2-6(9(5)11)8(13)4-12/h2-3,8,13H,4,12H2,1H3. The van der Waals surface area contributed by atoms with Crippen molar-refractivity contribution in [2.45, 2.75) is 13.0 Å². The van der Waals surface area contributed by atoms with Crippen molar-refractivity contribution in [2.75, 3.05) is 6.54 Å². The molecule has 13 heavy (non-hydrogen) atoms. The lowest BCUT2D eigenvalue weighted by molar-refractivity contribution is 0.181. The fourth-order valence-corrected chi connectivity index (χ4v) is 1.37. The second-order valence-electron chi connectivity index (χ2n) is 2.83. The first-order valence-corrected chi connectivity index (χ1v) is 4.70. The molecule has 0 saturated heterocycles. The predicted octanol–water partition coefficient (Wildman–Crippen LogP) is 1.89. The van der Waals surface area contributed by atoms with Gasteiger partial charge in [-0.1, -0.05) is 22.0 Å². The van der Waals surface area contributed by atoms with Crippen LogP contribution in [0, 0.1) is 12.7 Å². The summed E-state index contributed by atoms with van der Waals surface area (Å²) >= 11 is 3.20. The van der Waals surface area contributed by atoms with E-state index < -0.39 is 11.9 Å². The summed E-state index contributed by atoms with van der Waals surface area (Å²) in [6, 6.07) is 3.23. The summed E-state index contributed by atoms with van der Waals surface area (Å²) in [5, 5.41) is 9.35. The molecule has 0 fully saturated rings. The Labute approximate surface area is 84.7 Å². The molecular formula is C9H11BrFNO. The van der Waals surface area contributed by atoms with E-state index in [1.165, 1.54) is 6.07 Å². The largest absolute Gasteiger partial charge is 0.387 e. The van der Waals surface area contributed by atoms with Crippen LogP contribution in [0.5, 0.6) is 0 Å². The summed E-state index contributed by atoms with van der Waals surface area (Å²) in [5.41, 5.74) is 5.98. The summed E-state index contributed by atoms with van der Waals surface area (Å²) in [4.78, 5) is 0. The molecule has 4 heteroatoms. The summed E-state index contributed by atoms with van der Waals surface area (Å²) in [7, 11) is 0. The van der Waals surface area contributed by atoms with Gasteiger partial charge in [0.2, 0.25) is 0 Å². The van der Waals surface area contributed by atoms with Gasteiger partial charge >= 0.3 is 0 Å². The molecule has 0 aliphatic heterocycles. The van der Waals surface area contributed by atoms with Crippen LogP contribution in [-0.2, 0) is 0 Å². The predicted molar refractivity (Wildman–Crippen MR) is 52.9 cm³/mol. The minimum absolute atomic E-state index is 0.0258. The van der Waals surface area contributed by atoms with Gasteiger partial charge in [-0.2, -0.15) is 0 Å². The van der Waals surface area contributed by atoms with Crippen molar-refractivity contribution in [3.8, 4) is 0 Å². The second kappa shape index (κ2) is 4.17. The van der Waals surface area contributed by atoms with Crippen LogP contribution < -0.4 is 5.73 Å². The SMILES string of the molecule is Cc1c(Br)ccc(C(O)CN)c1F. The zero-order chi connectivity index (χ0) is 10.0. The highest BCUT2D eigenvalue weighted by Crippen LogP contribution is 2.25. The summed E-state index contributed by atoms with van der Waals surface area (Å²) < 4.78 is 14.1. The van der Waals surface area contributed by atoms with Gasteiger partial charge in [-0.15, -0.1) is 0 Å². The molecule has 0 aliphatic rings. The lowest BCUT2D eigenvalue weighted by Crippen LogP contribution is -2.13. The summed E-state index contributed by atoms with van der Waals surface area (Å²) in [6.07, 6.45) is -0.924. The van der Waals surface area contributed by atoms with Gasteiger partial charge in [0.25, 0.3) is 0 Å². The number of hydrogen-bond donors (Lipinski definition) is 2. The van der Waals surface area contributed by atoms with E-state index in [-0.39, 0.29) is 12.1 Å². The molecule has 1 atom stereocenters. The Balaban J connectivity index is 3.18. The number of aliphatic hydroxyl groups is 1. The zero-order valence-electron chi connectivity index (χ0n) is 7.22. The van der Waals surface area contributed by atoms with Crippen molar-refractivity contribution in [1.82, 2.24) is 0 Å². The van der Waals surface area contributed by atoms with E-state index in [0.29, 0.717) is 10.0 Å². The summed E-state index contributed by atoms with van der Waals surface area (Å²) in [5.74, 6) is -0.396. The van der Waals surface area contributed by atoms with Crippen LogP contribution in [-0.4, -0.2) is 11.7 Å². The van der Waals surface area contributed by atoms with Crippen LogP contribution in [0.25, 0.3) is 0 Å². The number of benzene rings is 1. The molecule has 1 rings (SSSR count). The molecule has 0 heterocycles. The van der Waals surface area contributed by atoms with Crippen LogP contribution in [0.3, 0.4) is 0 Å². The molecule has 0 saturated carbocycles. The van der Waals surface area contributed by atoms with Crippen molar-refractivity contribution in [3.63, 3.8) is 0 Å². The van der Waals surface area contributed by atoms with Gasteiger partial charge in [0.15, 0.2) is 0 Å². The molecule has 0 radical (unpaired) electrons. The fraction of sp³-hybridized carbons (Fsp3) is 0.333. The quantitative estimate of drug-likeness (QED) is 0.839. The Kier molecular flexibility index (Phi) is 3.41. The van der Waals surface area contributed by atoms with E-state index in [4.69, 9.17) is 5.73 Å². The second-order valence-corrected chi connectivity index (χ2v) is 3.68. The number of nitrogens with two attached hydrogens (primary N) is 1. The maximum absolute atomic E-state index is 13.5. The van der Waals surface area contributed by atoms with Crippen molar-refractivity contribution in [2.24, 2.45) is 5.73 Å². The molecule has 0 aromatic heterocycles. The number of hydrogen-bond acceptors (Lipinski definition) is 2. The molecule has 1 aromatic rings. The van der Waals surface area contributed by atoms with E-state index >= 15 is 0 Å². The first kappa shape index (κ1) is 10.6. The molecular weight excluding hydrogens is 237 g/mol. The third-order valence-electron chi connectivity index (χ3n) is 1.93. The minimum atomic E-state index is -0.924. The topological polar surface area (TPSA) is 46.2 Å². The lowest BCUT2D eigenvalue weighted by Gasteiger charge is -2.11. The molecule has 0 amide bonds. The van der Waals surface area contributed by atoms with Crippen LogP contribution in [0.2, 0.25) is 0 Å². The van der Waals surface area contributed by atoms with Crippen LogP contribution >= 0.6 is 15.9 Å². The molecule has 2 nitrogen and oxygen atoms in total. The van der Waals surface area contributed by atoms with Gasteiger partial charge in [-0.3, -0.25) is 0 Å². The zero-order valence-corrected chi connectivity index (χ0v) is 8.81. The van der Waals surface area contributed by atoms with Crippen molar-refractivity contribution in [3.05, 3.63) is 33.5 Å². The van der Waals surface area contributed by atoms with Crippen molar-refractivity contribution < 1.29 is 9.50 Å². The third-order valence-corrected chi connectivity index (χ3v) is 2.79. The molecule has 1 unspecified atom stereocenters. The molecule has 0 spiro atoms. The number of rotatable bonds is 2. The van der Waals surface area contributed by atoms with Crippen molar-refractivity contribution in [1.29, 1.82) is 0 Å². The molecule has 0 bridgehead atoms.